The Morgan fingerprint density at radius 2 is 1.67 bits per heavy atom. The van der Waals surface area contributed by atoms with Crippen molar-refractivity contribution >= 4 is 39.0 Å². The van der Waals surface area contributed by atoms with Crippen LogP contribution in [0.5, 0.6) is 0 Å². The molecule has 3 aromatic rings. The van der Waals surface area contributed by atoms with E-state index in [4.69, 9.17) is 4.74 Å². The van der Waals surface area contributed by atoms with Crippen LogP contribution < -0.4 is 15.4 Å². The summed E-state index contributed by atoms with van der Waals surface area (Å²) >= 11 is 1.52. The van der Waals surface area contributed by atoms with Crippen molar-refractivity contribution < 1.29 is 22.7 Å². The SMILES string of the molecule is CCc1nc([C@H](Cc2ccc(NS(C)(=O)=O)cc2)NC(=O)[C@H](Cc2ccccc2)NC(=O)OC)cs1. The zero-order valence-electron chi connectivity index (χ0n) is 20.4. The number of hydrogen-bond acceptors (Lipinski definition) is 7. The van der Waals surface area contributed by atoms with Crippen molar-refractivity contribution in [1.82, 2.24) is 15.6 Å². The number of carbonyl (C=O) groups excluding carboxylic acids is 2. The van der Waals surface area contributed by atoms with Gasteiger partial charge in [0.05, 0.1) is 30.1 Å². The first-order chi connectivity index (χ1) is 17.2. The number of nitrogens with zero attached hydrogens (tertiary/aromatic N) is 1. The van der Waals surface area contributed by atoms with Crippen molar-refractivity contribution in [3.63, 3.8) is 0 Å². The minimum Gasteiger partial charge on any atom is -0.453 e. The molecule has 0 aliphatic carbocycles. The molecule has 1 aromatic heterocycles. The highest BCUT2D eigenvalue weighted by Gasteiger charge is 2.26. The molecule has 3 N–H and O–H groups in total. The highest BCUT2D eigenvalue weighted by Crippen LogP contribution is 2.23. The Morgan fingerprint density at radius 1 is 1.00 bits per heavy atom. The van der Waals surface area contributed by atoms with Crippen LogP contribution in [0.15, 0.2) is 60.0 Å². The van der Waals surface area contributed by atoms with Crippen molar-refractivity contribution in [2.45, 2.75) is 38.3 Å². The number of hydrogen-bond donors (Lipinski definition) is 3. The van der Waals surface area contributed by atoms with Gasteiger partial charge in [0.15, 0.2) is 0 Å². The lowest BCUT2D eigenvalue weighted by Crippen LogP contribution is -2.49. The molecule has 2 atom stereocenters. The topological polar surface area (TPSA) is 126 Å². The first kappa shape index (κ1) is 27.2. The van der Waals surface area contributed by atoms with Crippen molar-refractivity contribution in [2.75, 3.05) is 18.1 Å². The molecular weight excluding hydrogens is 500 g/mol. The van der Waals surface area contributed by atoms with Crippen LogP contribution in [0.3, 0.4) is 0 Å². The quantitative estimate of drug-likeness (QED) is 0.349. The van der Waals surface area contributed by atoms with Gasteiger partial charge in [0.25, 0.3) is 0 Å². The van der Waals surface area contributed by atoms with Gasteiger partial charge in [-0.2, -0.15) is 0 Å². The van der Waals surface area contributed by atoms with Gasteiger partial charge in [-0.3, -0.25) is 9.52 Å². The van der Waals surface area contributed by atoms with Gasteiger partial charge in [0.1, 0.15) is 6.04 Å². The summed E-state index contributed by atoms with van der Waals surface area (Å²) in [5.41, 5.74) is 2.95. The highest BCUT2D eigenvalue weighted by molar-refractivity contribution is 7.92. The van der Waals surface area contributed by atoms with E-state index in [9.17, 15) is 18.0 Å². The summed E-state index contributed by atoms with van der Waals surface area (Å²) in [5.74, 6) is -0.365. The van der Waals surface area contributed by atoms with E-state index >= 15 is 0 Å². The maximum Gasteiger partial charge on any atom is 0.407 e. The summed E-state index contributed by atoms with van der Waals surface area (Å²) in [6.45, 7) is 2.01. The number of alkyl carbamates (subject to hydrolysis) is 1. The fraction of sp³-hybridized carbons (Fsp3) is 0.320. The van der Waals surface area contributed by atoms with E-state index in [-0.39, 0.29) is 12.3 Å². The van der Waals surface area contributed by atoms with E-state index in [2.05, 4.69) is 20.3 Å². The number of carbonyl (C=O) groups is 2. The van der Waals surface area contributed by atoms with Gasteiger partial charge in [-0.1, -0.05) is 49.4 Å². The number of aromatic nitrogens is 1. The third-order valence-electron chi connectivity index (χ3n) is 5.32. The smallest absolute Gasteiger partial charge is 0.407 e. The maximum atomic E-state index is 13.4. The van der Waals surface area contributed by atoms with Gasteiger partial charge in [-0.15, -0.1) is 11.3 Å². The number of benzene rings is 2. The average Bonchev–Trinajstić information content (AvgIpc) is 3.33. The molecule has 0 spiro atoms. The van der Waals surface area contributed by atoms with E-state index in [0.29, 0.717) is 12.1 Å². The molecule has 1 heterocycles. The molecule has 0 saturated heterocycles. The predicted molar refractivity (Wildman–Crippen MR) is 140 cm³/mol. The number of rotatable bonds is 11. The summed E-state index contributed by atoms with van der Waals surface area (Å²) in [5, 5.41) is 8.54. The van der Waals surface area contributed by atoms with Crippen LogP contribution >= 0.6 is 11.3 Å². The lowest BCUT2D eigenvalue weighted by Gasteiger charge is -2.23. The van der Waals surface area contributed by atoms with Crippen molar-refractivity contribution in [2.24, 2.45) is 0 Å². The van der Waals surface area contributed by atoms with Crippen LogP contribution in [0.2, 0.25) is 0 Å². The van der Waals surface area contributed by atoms with Gasteiger partial charge >= 0.3 is 6.09 Å². The second-order valence-corrected chi connectivity index (χ2v) is 10.9. The van der Waals surface area contributed by atoms with Gasteiger partial charge in [-0.25, -0.2) is 18.2 Å². The zero-order valence-corrected chi connectivity index (χ0v) is 22.0. The summed E-state index contributed by atoms with van der Waals surface area (Å²) in [6.07, 6.45) is 1.89. The van der Waals surface area contributed by atoms with Crippen LogP contribution in [0, 0.1) is 0 Å². The number of nitrogens with one attached hydrogen (secondary N) is 3. The fourth-order valence-electron chi connectivity index (χ4n) is 3.57. The maximum absolute atomic E-state index is 13.4. The number of thiazole rings is 1. The molecular formula is C25H30N4O5S2. The molecule has 2 amide bonds. The average molecular weight is 531 g/mol. The predicted octanol–water partition coefficient (Wildman–Crippen LogP) is 3.44. The molecule has 2 aromatic carbocycles. The number of methoxy groups -OCH3 is 1. The Labute approximate surface area is 215 Å². The van der Waals surface area contributed by atoms with Crippen LogP contribution in [0.1, 0.15) is 34.8 Å². The van der Waals surface area contributed by atoms with E-state index in [1.165, 1.54) is 18.4 Å². The second kappa shape index (κ2) is 12.5. The third kappa shape index (κ3) is 8.35. The summed E-state index contributed by atoms with van der Waals surface area (Å²) in [6, 6.07) is 15.0. The standard InChI is InChI=1S/C25H30N4O5S2/c1-4-23-26-22(16-35-23)20(14-18-10-12-19(13-11-18)29-36(3,32)33)27-24(30)21(28-25(31)34-2)15-17-8-6-5-7-9-17/h5-13,16,20-21,29H,4,14-15H2,1-3H3,(H,27,30)(H,28,31)/t20-,21-/m0/s1. The molecule has 0 unspecified atom stereocenters. The molecule has 0 aliphatic heterocycles. The van der Waals surface area contributed by atoms with E-state index in [1.807, 2.05) is 42.6 Å². The van der Waals surface area contributed by atoms with Crippen molar-refractivity contribution in [3.05, 3.63) is 81.8 Å². The monoisotopic (exact) mass is 530 g/mol. The summed E-state index contributed by atoms with van der Waals surface area (Å²) in [4.78, 5) is 30.0. The molecule has 0 aliphatic rings. The molecule has 0 saturated carbocycles. The fourth-order valence-corrected chi connectivity index (χ4v) is 4.93. The van der Waals surface area contributed by atoms with Crippen molar-refractivity contribution in [1.29, 1.82) is 0 Å². The molecule has 192 valence electrons. The van der Waals surface area contributed by atoms with Crippen LogP contribution in [0.25, 0.3) is 0 Å². The third-order valence-corrected chi connectivity index (χ3v) is 6.94. The normalized spacial score (nSPS) is 12.9. The van der Waals surface area contributed by atoms with Gasteiger partial charge in [-0.05, 0) is 36.1 Å². The Balaban J connectivity index is 1.82. The summed E-state index contributed by atoms with van der Waals surface area (Å²) < 4.78 is 30.1. The lowest BCUT2D eigenvalue weighted by atomic mass is 10.0. The lowest BCUT2D eigenvalue weighted by molar-refractivity contribution is -0.123. The van der Waals surface area contributed by atoms with Crippen molar-refractivity contribution in [3.8, 4) is 0 Å². The first-order valence-corrected chi connectivity index (χ1v) is 14.1. The molecule has 36 heavy (non-hydrogen) atoms. The minimum atomic E-state index is -3.38. The summed E-state index contributed by atoms with van der Waals surface area (Å²) in [7, 11) is -2.13. The van der Waals surface area contributed by atoms with E-state index in [0.717, 1.165) is 34.5 Å². The molecule has 3 rings (SSSR count). The number of anilines is 1. The molecule has 9 nitrogen and oxygen atoms in total. The molecule has 11 heteroatoms. The molecule has 0 radical (unpaired) electrons. The molecule has 0 bridgehead atoms. The van der Waals surface area contributed by atoms with Gasteiger partial charge < -0.3 is 15.4 Å². The van der Waals surface area contributed by atoms with Crippen LogP contribution in [0.4, 0.5) is 10.5 Å². The Kier molecular flexibility index (Phi) is 9.43. The molecule has 0 fully saturated rings. The number of aryl methyl sites for hydroxylation is 1. The number of amides is 2. The second-order valence-electron chi connectivity index (χ2n) is 8.23. The van der Waals surface area contributed by atoms with Crippen LogP contribution in [-0.2, 0) is 38.8 Å². The van der Waals surface area contributed by atoms with E-state index in [1.54, 1.807) is 24.3 Å². The first-order valence-electron chi connectivity index (χ1n) is 11.4. The largest absolute Gasteiger partial charge is 0.453 e. The Hall–Kier alpha value is -3.44. The van der Waals surface area contributed by atoms with Gasteiger partial charge in [0, 0.05) is 17.5 Å². The zero-order chi connectivity index (χ0) is 26.1. The Bertz CT molecular complexity index is 1260. The minimum absolute atomic E-state index is 0.289. The Morgan fingerprint density at radius 3 is 2.25 bits per heavy atom. The van der Waals surface area contributed by atoms with Gasteiger partial charge in [0.2, 0.25) is 15.9 Å². The number of ether oxygens (including phenoxy) is 1. The van der Waals surface area contributed by atoms with E-state index < -0.39 is 28.2 Å². The highest BCUT2D eigenvalue weighted by atomic mass is 32.2. The number of sulfonamides is 1. The van der Waals surface area contributed by atoms with Crippen LogP contribution in [-0.4, -0.2) is 44.8 Å².